The summed E-state index contributed by atoms with van der Waals surface area (Å²) < 4.78 is 1.77. The summed E-state index contributed by atoms with van der Waals surface area (Å²) in [4.78, 5) is 41.1. The molecule has 27 heavy (non-hydrogen) atoms. The van der Waals surface area contributed by atoms with Crippen molar-refractivity contribution in [1.29, 1.82) is 0 Å². The summed E-state index contributed by atoms with van der Waals surface area (Å²) in [5.74, 6) is -1.05. The highest BCUT2D eigenvalue weighted by Gasteiger charge is 2.25. The molecule has 0 bridgehead atoms. The molecular formula is C21H29N3O3. The Morgan fingerprint density at radius 3 is 2.33 bits per heavy atom. The lowest BCUT2D eigenvalue weighted by Crippen LogP contribution is -2.34. The van der Waals surface area contributed by atoms with Crippen LogP contribution >= 0.6 is 0 Å². The molecule has 0 radical (unpaired) electrons. The Kier molecular flexibility index (Phi) is 7.16. The van der Waals surface area contributed by atoms with Crippen molar-refractivity contribution in [3.8, 4) is 0 Å². The fourth-order valence-electron chi connectivity index (χ4n) is 3.17. The predicted octanol–water partition coefficient (Wildman–Crippen LogP) is 2.95. The Morgan fingerprint density at radius 1 is 1.04 bits per heavy atom. The molecule has 2 amide bonds. The quantitative estimate of drug-likeness (QED) is 0.503. The van der Waals surface area contributed by atoms with Crippen LogP contribution in [0.5, 0.6) is 0 Å². The zero-order valence-electron chi connectivity index (χ0n) is 16.7. The zero-order valence-corrected chi connectivity index (χ0v) is 16.7. The van der Waals surface area contributed by atoms with Crippen LogP contribution in [-0.2, 0) is 16.1 Å². The number of nitrogens with zero attached hydrogens (tertiary/aromatic N) is 3. The summed E-state index contributed by atoms with van der Waals surface area (Å²) in [5.41, 5.74) is 1.14. The van der Waals surface area contributed by atoms with Crippen molar-refractivity contribution in [1.82, 2.24) is 14.4 Å². The number of ketones is 1. The molecule has 0 saturated heterocycles. The summed E-state index contributed by atoms with van der Waals surface area (Å²) in [5, 5.41) is 0.701. The molecule has 0 aliphatic rings. The number of hydrogen-bond acceptors (Lipinski definition) is 3. The maximum Gasteiger partial charge on any atom is 0.294 e. The fraction of sp³-hybridized carbons (Fsp3) is 0.476. The van der Waals surface area contributed by atoms with Crippen LogP contribution in [0.2, 0.25) is 0 Å². The van der Waals surface area contributed by atoms with Crippen molar-refractivity contribution in [2.24, 2.45) is 0 Å². The van der Waals surface area contributed by atoms with Crippen LogP contribution < -0.4 is 0 Å². The van der Waals surface area contributed by atoms with E-state index in [0.29, 0.717) is 30.6 Å². The van der Waals surface area contributed by atoms with Gasteiger partial charge in [-0.15, -0.1) is 0 Å². The third-order valence-corrected chi connectivity index (χ3v) is 4.84. The summed E-state index contributed by atoms with van der Waals surface area (Å²) in [6, 6.07) is 7.39. The van der Waals surface area contributed by atoms with Crippen LogP contribution in [0.15, 0.2) is 30.5 Å². The van der Waals surface area contributed by atoms with E-state index < -0.39 is 11.7 Å². The van der Waals surface area contributed by atoms with Gasteiger partial charge in [0.15, 0.2) is 0 Å². The van der Waals surface area contributed by atoms with Crippen LogP contribution in [0.25, 0.3) is 10.9 Å². The second-order valence-electron chi connectivity index (χ2n) is 6.66. The first-order chi connectivity index (χ1) is 12.9. The molecule has 0 spiro atoms. The molecule has 0 unspecified atom stereocenters. The molecule has 2 aromatic rings. The number of Topliss-reactive ketones (excluding diaryl/α,β-unsaturated/α-hetero) is 1. The van der Waals surface area contributed by atoms with Crippen molar-refractivity contribution < 1.29 is 14.4 Å². The van der Waals surface area contributed by atoms with Gasteiger partial charge in [0.2, 0.25) is 5.91 Å². The lowest BCUT2D eigenvalue weighted by atomic mass is 10.1. The number of amides is 2. The fourth-order valence-corrected chi connectivity index (χ4v) is 3.17. The zero-order chi connectivity index (χ0) is 20.0. The van der Waals surface area contributed by atoms with E-state index in [9.17, 15) is 14.4 Å². The second kappa shape index (κ2) is 9.35. The number of benzene rings is 1. The molecule has 0 fully saturated rings. The van der Waals surface area contributed by atoms with Gasteiger partial charge in [0, 0.05) is 43.8 Å². The van der Waals surface area contributed by atoms with Crippen molar-refractivity contribution in [2.75, 3.05) is 26.7 Å². The van der Waals surface area contributed by atoms with Gasteiger partial charge in [-0.2, -0.15) is 0 Å². The monoisotopic (exact) mass is 371 g/mol. The van der Waals surface area contributed by atoms with E-state index in [2.05, 4.69) is 0 Å². The van der Waals surface area contributed by atoms with Gasteiger partial charge in [0.05, 0.1) is 5.56 Å². The van der Waals surface area contributed by atoms with Crippen LogP contribution in [0.3, 0.4) is 0 Å². The van der Waals surface area contributed by atoms with Gasteiger partial charge in [-0.1, -0.05) is 31.5 Å². The van der Waals surface area contributed by atoms with Crippen molar-refractivity contribution >= 4 is 28.5 Å². The number of hydrogen-bond donors (Lipinski definition) is 0. The summed E-state index contributed by atoms with van der Waals surface area (Å²) in [6.45, 7) is 7.90. The number of aromatic nitrogens is 1. The Balaban J connectivity index is 2.34. The summed E-state index contributed by atoms with van der Waals surface area (Å²) in [7, 11) is 1.65. The normalized spacial score (nSPS) is 10.8. The molecule has 1 aromatic heterocycles. The van der Waals surface area contributed by atoms with Gasteiger partial charge in [0.25, 0.3) is 11.7 Å². The third kappa shape index (κ3) is 4.56. The first kappa shape index (κ1) is 20.7. The SMILES string of the molecule is CCCCN(C)C(=O)C(=O)c1cn(CC(=O)N(CC)CC)c2ccccc12. The van der Waals surface area contributed by atoms with Gasteiger partial charge in [-0.05, 0) is 26.3 Å². The Labute approximate surface area is 160 Å². The van der Waals surface area contributed by atoms with Gasteiger partial charge in [-0.3, -0.25) is 14.4 Å². The van der Waals surface area contributed by atoms with Gasteiger partial charge in [0.1, 0.15) is 6.54 Å². The van der Waals surface area contributed by atoms with Crippen molar-refractivity contribution in [2.45, 2.75) is 40.2 Å². The van der Waals surface area contributed by atoms with Gasteiger partial charge in [-0.25, -0.2) is 0 Å². The number of carbonyl (C=O) groups is 3. The minimum absolute atomic E-state index is 0.00820. The van der Waals surface area contributed by atoms with E-state index in [1.54, 1.807) is 22.7 Å². The van der Waals surface area contributed by atoms with Crippen molar-refractivity contribution in [3.05, 3.63) is 36.0 Å². The molecule has 1 heterocycles. The molecule has 6 nitrogen and oxygen atoms in total. The van der Waals surface area contributed by atoms with Crippen LogP contribution in [0, 0.1) is 0 Å². The molecular weight excluding hydrogens is 342 g/mol. The first-order valence-corrected chi connectivity index (χ1v) is 9.59. The topological polar surface area (TPSA) is 62.6 Å². The highest BCUT2D eigenvalue weighted by Crippen LogP contribution is 2.22. The van der Waals surface area contributed by atoms with E-state index in [1.165, 1.54) is 4.90 Å². The Bertz CT molecular complexity index is 821. The molecule has 146 valence electrons. The molecule has 6 heteroatoms. The highest BCUT2D eigenvalue weighted by molar-refractivity contribution is 6.44. The molecule has 0 saturated carbocycles. The lowest BCUT2D eigenvalue weighted by molar-refractivity contribution is -0.131. The first-order valence-electron chi connectivity index (χ1n) is 9.59. The Morgan fingerprint density at radius 2 is 1.70 bits per heavy atom. The number of carbonyl (C=O) groups excluding carboxylic acids is 3. The van der Waals surface area contributed by atoms with Crippen LogP contribution in [0.1, 0.15) is 44.0 Å². The van der Waals surface area contributed by atoms with Crippen LogP contribution in [0.4, 0.5) is 0 Å². The van der Waals surface area contributed by atoms with E-state index in [1.807, 2.05) is 45.0 Å². The number of para-hydroxylation sites is 1. The molecule has 0 N–H and O–H groups in total. The lowest BCUT2D eigenvalue weighted by Gasteiger charge is -2.19. The molecule has 1 aromatic carbocycles. The average molecular weight is 371 g/mol. The Hall–Kier alpha value is -2.63. The minimum atomic E-state index is -0.529. The van der Waals surface area contributed by atoms with Crippen molar-refractivity contribution in [3.63, 3.8) is 0 Å². The predicted molar refractivity (Wildman–Crippen MR) is 107 cm³/mol. The molecule has 2 rings (SSSR count). The average Bonchev–Trinajstić information content (AvgIpc) is 3.04. The standard InChI is InChI=1S/C21H29N3O3/c1-5-8-13-22(4)21(27)20(26)17-14-24(15-19(25)23(6-2)7-3)18-12-10-9-11-16(17)18/h9-12,14H,5-8,13,15H2,1-4H3. The maximum absolute atomic E-state index is 12.8. The summed E-state index contributed by atoms with van der Waals surface area (Å²) >= 11 is 0. The third-order valence-electron chi connectivity index (χ3n) is 4.84. The van der Waals surface area contributed by atoms with E-state index in [-0.39, 0.29) is 12.5 Å². The minimum Gasteiger partial charge on any atom is -0.342 e. The van der Waals surface area contributed by atoms with Gasteiger partial charge >= 0.3 is 0 Å². The smallest absolute Gasteiger partial charge is 0.294 e. The number of likely N-dealkylation sites (N-methyl/N-ethyl adjacent to an activating group) is 2. The van der Waals surface area contributed by atoms with Gasteiger partial charge < -0.3 is 14.4 Å². The number of unbranched alkanes of at least 4 members (excludes halogenated alkanes) is 1. The molecule has 0 aliphatic carbocycles. The molecule has 0 atom stereocenters. The number of fused-ring (bicyclic) bond motifs is 1. The number of rotatable bonds is 9. The molecule has 0 aliphatic heterocycles. The van der Waals surface area contributed by atoms with E-state index >= 15 is 0 Å². The highest BCUT2D eigenvalue weighted by atomic mass is 16.2. The van der Waals surface area contributed by atoms with Crippen LogP contribution in [-0.4, -0.2) is 58.6 Å². The summed E-state index contributed by atoms with van der Waals surface area (Å²) in [6.07, 6.45) is 3.45. The maximum atomic E-state index is 12.8. The van der Waals surface area contributed by atoms with E-state index in [0.717, 1.165) is 18.4 Å². The van der Waals surface area contributed by atoms with E-state index in [4.69, 9.17) is 0 Å². The largest absolute Gasteiger partial charge is 0.342 e. The second-order valence-corrected chi connectivity index (χ2v) is 6.66.